The van der Waals surface area contributed by atoms with Crippen LogP contribution < -0.4 is 5.32 Å². The van der Waals surface area contributed by atoms with Gasteiger partial charge in [0.15, 0.2) is 5.82 Å². The molecule has 0 fully saturated rings. The third-order valence-electron chi connectivity index (χ3n) is 3.42. The summed E-state index contributed by atoms with van der Waals surface area (Å²) in [4.78, 5) is 17.5. The summed E-state index contributed by atoms with van der Waals surface area (Å²) in [6.45, 7) is 1.03. The first kappa shape index (κ1) is 17.2. The largest absolute Gasteiger partial charge is 0.385 e. The number of aromatic nitrogens is 3. The minimum atomic E-state index is -0.379. The number of ether oxygens (including phenoxy) is 1. The van der Waals surface area contributed by atoms with E-state index in [0.29, 0.717) is 31.1 Å². The van der Waals surface area contributed by atoms with Crippen LogP contribution in [0.5, 0.6) is 0 Å². The third kappa shape index (κ3) is 4.09. The molecular weight excluding hydrogens is 343 g/mol. The molecule has 2 aromatic heterocycles. The van der Waals surface area contributed by atoms with Crippen LogP contribution in [0.4, 0.5) is 4.39 Å². The van der Waals surface area contributed by atoms with Crippen LogP contribution in [-0.2, 0) is 4.74 Å². The SMILES string of the molecule is COCCCNC(=O)c1nc(-c2cccs2)n(-c2cccc(F)c2)n1. The predicted octanol–water partition coefficient (Wildman–Crippen LogP) is 2.90. The van der Waals surface area contributed by atoms with E-state index in [1.165, 1.54) is 28.2 Å². The van der Waals surface area contributed by atoms with Gasteiger partial charge in [0.25, 0.3) is 5.91 Å². The molecule has 0 aliphatic heterocycles. The second-order valence-corrected chi connectivity index (χ2v) is 6.18. The van der Waals surface area contributed by atoms with Crippen molar-refractivity contribution >= 4 is 17.2 Å². The Balaban J connectivity index is 1.91. The number of nitrogens with zero attached hydrogens (tertiary/aromatic N) is 3. The molecule has 0 aliphatic carbocycles. The maximum Gasteiger partial charge on any atom is 0.290 e. The Morgan fingerprint density at radius 1 is 1.36 bits per heavy atom. The maximum absolute atomic E-state index is 13.6. The van der Waals surface area contributed by atoms with Gasteiger partial charge in [-0.15, -0.1) is 16.4 Å². The molecule has 3 rings (SSSR count). The van der Waals surface area contributed by atoms with Gasteiger partial charge >= 0.3 is 0 Å². The minimum absolute atomic E-state index is 0.0464. The Labute approximate surface area is 148 Å². The summed E-state index contributed by atoms with van der Waals surface area (Å²) in [5, 5.41) is 8.94. The van der Waals surface area contributed by atoms with E-state index in [2.05, 4.69) is 15.4 Å². The molecule has 0 aliphatic rings. The van der Waals surface area contributed by atoms with E-state index in [0.717, 1.165) is 4.88 Å². The fourth-order valence-electron chi connectivity index (χ4n) is 2.26. The second-order valence-electron chi connectivity index (χ2n) is 5.23. The number of methoxy groups -OCH3 is 1. The van der Waals surface area contributed by atoms with Crippen molar-refractivity contribution in [3.05, 3.63) is 53.4 Å². The number of hydrogen-bond acceptors (Lipinski definition) is 5. The highest BCUT2D eigenvalue weighted by atomic mass is 32.1. The average molecular weight is 360 g/mol. The average Bonchev–Trinajstić information content (AvgIpc) is 3.27. The lowest BCUT2D eigenvalue weighted by molar-refractivity contribution is 0.0938. The molecule has 8 heteroatoms. The smallest absolute Gasteiger partial charge is 0.290 e. The lowest BCUT2D eigenvalue weighted by Gasteiger charge is -2.04. The number of amides is 1. The first-order chi connectivity index (χ1) is 12.2. The zero-order valence-corrected chi connectivity index (χ0v) is 14.4. The highest BCUT2D eigenvalue weighted by molar-refractivity contribution is 7.13. The standard InChI is InChI=1S/C17H17FN4O2S/c1-24-9-4-8-19-17(23)15-20-16(14-7-3-10-25-14)22(21-15)13-6-2-5-12(18)11-13/h2-3,5-7,10-11H,4,8-9H2,1H3,(H,19,23). The van der Waals surface area contributed by atoms with Crippen LogP contribution in [0.1, 0.15) is 17.0 Å². The Bertz CT molecular complexity index is 848. The molecule has 1 amide bonds. The van der Waals surface area contributed by atoms with E-state index in [1.807, 2.05) is 17.5 Å². The van der Waals surface area contributed by atoms with Crippen molar-refractivity contribution in [2.45, 2.75) is 6.42 Å². The van der Waals surface area contributed by atoms with E-state index in [9.17, 15) is 9.18 Å². The van der Waals surface area contributed by atoms with Gasteiger partial charge in [-0.2, -0.15) is 0 Å². The molecule has 1 N–H and O–H groups in total. The van der Waals surface area contributed by atoms with E-state index in [1.54, 1.807) is 19.2 Å². The van der Waals surface area contributed by atoms with Gasteiger partial charge in [-0.05, 0) is 36.1 Å². The molecule has 0 unspecified atom stereocenters. The van der Waals surface area contributed by atoms with Gasteiger partial charge in [-0.1, -0.05) is 12.1 Å². The Hall–Kier alpha value is -2.58. The first-order valence-electron chi connectivity index (χ1n) is 7.73. The van der Waals surface area contributed by atoms with Crippen LogP contribution in [0.3, 0.4) is 0 Å². The molecule has 1 aromatic carbocycles. The molecule has 25 heavy (non-hydrogen) atoms. The summed E-state index contributed by atoms with van der Waals surface area (Å²) in [6.07, 6.45) is 0.699. The first-order valence-corrected chi connectivity index (χ1v) is 8.61. The summed E-state index contributed by atoms with van der Waals surface area (Å²) in [7, 11) is 1.61. The molecule has 0 radical (unpaired) electrons. The van der Waals surface area contributed by atoms with Crippen molar-refractivity contribution in [2.24, 2.45) is 0 Å². The fraction of sp³-hybridized carbons (Fsp3) is 0.235. The number of nitrogens with one attached hydrogen (secondary N) is 1. The zero-order chi connectivity index (χ0) is 17.6. The van der Waals surface area contributed by atoms with Gasteiger partial charge in [0.1, 0.15) is 5.82 Å². The lowest BCUT2D eigenvalue weighted by Crippen LogP contribution is -2.26. The van der Waals surface area contributed by atoms with E-state index >= 15 is 0 Å². The summed E-state index contributed by atoms with van der Waals surface area (Å²) in [5.41, 5.74) is 0.509. The Kier molecular flexibility index (Phi) is 5.52. The molecule has 130 valence electrons. The normalized spacial score (nSPS) is 10.8. The molecule has 0 saturated heterocycles. The van der Waals surface area contributed by atoms with Crippen molar-refractivity contribution in [3.8, 4) is 16.4 Å². The molecule has 0 spiro atoms. The van der Waals surface area contributed by atoms with Crippen LogP contribution >= 0.6 is 11.3 Å². The fourth-order valence-corrected chi connectivity index (χ4v) is 2.96. The molecule has 0 atom stereocenters. The summed E-state index contributed by atoms with van der Waals surface area (Å²) in [6, 6.07) is 9.78. The topological polar surface area (TPSA) is 69.0 Å². The number of hydrogen-bond donors (Lipinski definition) is 1. The van der Waals surface area contributed by atoms with Crippen LogP contribution in [-0.4, -0.2) is 40.9 Å². The Morgan fingerprint density at radius 3 is 2.96 bits per heavy atom. The van der Waals surface area contributed by atoms with Crippen LogP contribution in [0, 0.1) is 5.82 Å². The molecule has 2 heterocycles. The minimum Gasteiger partial charge on any atom is -0.385 e. The number of halogens is 1. The van der Waals surface area contributed by atoms with Crippen LogP contribution in [0.15, 0.2) is 41.8 Å². The number of benzene rings is 1. The highest BCUT2D eigenvalue weighted by Gasteiger charge is 2.19. The van der Waals surface area contributed by atoms with Crippen molar-refractivity contribution in [3.63, 3.8) is 0 Å². The van der Waals surface area contributed by atoms with Crippen LogP contribution in [0.25, 0.3) is 16.4 Å². The maximum atomic E-state index is 13.6. The quantitative estimate of drug-likeness (QED) is 0.658. The van der Waals surface area contributed by atoms with E-state index in [4.69, 9.17) is 4.74 Å². The van der Waals surface area contributed by atoms with Crippen molar-refractivity contribution in [1.82, 2.24) is 20.1 Å². The molecule has 6 nitrogen and oxygen atoms in total. The zero-order valence-electron chi connectivity index (χ0n) is 13.6. The monoisotopic (exact) mass is 360 g/mol. The van der Waals surface area contributed by atoms with Gasteiger partial charge in [0.2, 0.25) is 5.82 Å². The summed E-state index contributed by atoms with van der Waals surface area (Å²) < 4.78 is 20.0. The third-order valence-corrected chi connectivity index (χ3v) is 4.28. The van der Waals surface area contributed by atoms with Gasteiger partial charge in [0.05, 0.1) is 10.6 Å². The summed E-state index contributed by atoms with van der Waals surface area (Å²) in [5.74, 6) is -0.201. The van der Waals surface area contributed by atoms with Crippen molar-refractivity contribution < 1.29 is 13.9 Å². The number of carbonyl (C=O) groups is 1. The second kappa shape index (κ2) is 8.00. The number of carbonyl (C=O) groups excluding carboxylic acids is 1. The van der Waals surface area contributed by atoms with Crippen LogP contribution in [0.2, 0.25) is 0 Å². The molecular formula is C17H17FN4O2S. The Morgan fingerprint density at radius 2 is 2.24 bits per heavy atom. The number of rotatable bonds is 7. The lowest BCUT2D eigenvalue weighted by atomic mass is 10.3. The molecule has 0 saturated carbocycles. The van der Waals surface area contributed by atoms with E-state index in [-0.39, 0.29) is 17.5 Å². The van der Waals surface area contributed by atoms with Gasteiger partial charge in [-0.3, -0.25) is 4.79 Å². The van der Waals surface area contributed by atoms with Crippen molar-refractivity contribution in [1.29, 1.82) is 0 Å². The number of thiophene rings is 1. The van der Waals surface area contributed by atoms with Gasteiger partial charge in [-0.25, -0.2) is 14.1 Å². The molecule has 0 bridgehead atoms. The van der Waals surface area contributed by atoms with E-state index < -0.39 is 0 Å². The van der Waals surface area contributed by atoms with Gasteiger partial charge in [0, 0.05) is 20.3 Å². The predicted molar refractivity (Wildman–Crippen MR) is 93.5 cm³/mol. The highest BCUT2D eigenvalue weighted by Crippen LogP contribution is 2.25. The van der Waals surface area contributed by atoms with Crippen molar-refractivity contribution in [2.75, 3.05) is 20.3 Å². The molecule has 3 aromatic rings. The van der Waals surface area contributed by atoms with Gasteiger partial charge < -0.3 is 10.1 Å². The summed E-state index contributed by atoms with van der Waals surface area (Å²) >= 11 is 1.47.